The van der Waals surface area contributed by atoms with Gasteiger partial charge in [0.25, 0.3) is 0 Å². The van der Waals surface area contributed by atoms with Crippen molar-refractivity contribution in [1.82, 2.24) is 9.55 Å². The lowest BCUT2D eigenvalue weighted by molar-refractivity contribution is 0.280. The second kappa shape index (κ2) is 6.72. The molecule has 6 heteroatoms. The number of methoxy groups -OCH3 is 1. The number of phenolic OH excluding ortho intramolecular Hbond substituents is 1. The predicted molar refractivity (Wildman–Crippen MR) is 117 cm³/mol. The van der Waals surface area contributed by atoms with Crippen LogP contribution in [-0.2, 0) is 6.54 Å². The summed E-state index contributed by atoms with van der Waals surface area (Å²) in [5.74, 6) is 0.905. The van der Waals surface area contributed by atoms with Gasteiger partial charge in [-0.2, -0.15) is 0 Å². The summed E-state index contributed by atoms with van der Waals surface area (Å²) < 4.78 is 7.67. The topological polar surface area (TPSA) is 70.4 Å². The molecule has 3 aromatic carbocycles. The molecule has 2 heterocycles. The standard InChI is InChI=1S/C23H19ClN2O3/c1-29-21-4-2-3-18(24)23(21)14-10-20-22(17-12-25-11-16(14)17)15-9-13(28)5-6-19(15)26(20)7-8-27/h2-6,9-12,25,27-28H,7-8H2,1H3. The molecule has 29 heavy (non-hydrogen) atoms. The summed E-state index contributed by atoms with van der Waals surface area (Å²) in [6.07, 6.45) is 3.90. The molecular formula is C23H19ClN2O3. The van der Waals surface area contributed by atoms with E-state index in [1.807, 2.05) is 36.7 Å². The first-order valence-electron chi connectivity index (χ1n) is 9.32. The van der Waals surface area contributed by atoms with Crippen LogP contribution in [0.25, 0.3) is 43.7 Å². The van der Waals surface area contributed by atoms with E-state index in [-0.39, 0.29) is 12.4 Å². The zero-order valence-electron chi connectivity index (χ0n) is 15.7. The smallest absolute Gasteiger partial charge is 0.128 e. The number of nitrogens with zero attached hydrogens (tertiary/aromatic N) is 1. The number of rotatable bonds is 4. The zero-order valence-corrected chi connectivity index (χ0v) is 16.5. The quantitative estimate of drug-likeness (QED) is 0.379. The first-order valence-corrected chi connectivity index (χ1v) is 9.70. The van der Waals surface area contributed by atoms with Crippen LogP contribution in [0.2, 0.25) is 5.02 Å². The highest BCUT2D eigenvalue weighted by molar-refractivity contribution is 6.35. The first-order chi connectivity index (χ1) is 14.1. The van der Waals surface area contributed by atoms with Gasteiger partial charge < -0.3 is 24.5 Å². The Labute approximate surface area is 171 Å². The third kappa shape index (κ3) is 2.58. The number of aromatic amines is 1. The zero-order chi connectivity index (χ0) is 20.1. The van der Waals surface area contributed by atoms with Gasteiger partial charge in [0.05, 0.1) is 24.3 Å². The summed E-state index contributed by atoms with van der Waals surface area (Å²) in [5.41, 5.74) is 3.69. The lowest BCUT2D eigenvalue weighted by atomic mass is 9.97. The van der Waals surface area contributed by atoms with E-state index in [0.29, 0.717) is 17.3 Å². The molecular weight excluding hydrogens is 388 g/mol. The Bertz CT molecular complexity index is 1380. The van der Waals surface area contributed by atoms with Gasteiger partial charge in [-0.05, 0) is 42.0 Å². The number of H-pyrrole nitrogens is 1. The van der Waals surface area contributed by atoms with E-state index in [2.05, 4.69) is 15.6 Å². The molecule has 5 nitrogen and oxygen atoms in total. The number of aromatic nitrogens is 2. The van der Waals surface area contributed by atoms with Crippen molar-refractivity contribution in [3.8, 4) is 22.6 Å². The Morgan fingerprint density at radius 3 is 2.66 bits per heavy atom. The molecule has 0 aliphatic rings. The number of hydrogen-bond acceptors (Lipinski definition) is 3. The molecule has 0 aliphatic heterocycles. The molecule has 0 radical (unpaired) electrons. The number of aromatic hydroxyl groups is 1. The molecule has 3 N–H and O–H groups in total. The fourth-order valence-electron chi connectivity index (χ4n) is 4.29. The van der Waals surface area contributed by atoms with Gasteiger partial charge in [0, 0.05) is 51.6 Å². The molecule has 0 saturated heterocycles. The van der Waals surface area contributed by atoms with Crippen LogP contribution in [0.1, 0.15) is 0 Å². The first kappa shape index (κ1) is 17.9. The van der Waals surface area contributed by atoms with Gasteiger partial charge >= 0.3 is 0 Å². The van der Waals surface area contributed by atoms with Gasteiger partial charge in [0.2, 0.25) is 0 Å². The number of hydrogen-bond donors (Lipinski definition) is 3. The molecule has 0 spiro atoms. The maximum atomic E-state index is 10.1. The van der Waals surface area contributed by atoms with Crippen LogP contribution in [0.3, 0.4) is 0 Å². The second-order valence-electron chi connectivity index (χ2n) is 6.99. The molecule has 146 valence electrons. The summed E-state index contributed by atoms with van der Waals surface area (Å²) in [7, 11) is 1.63. The Kier molecular flexibility index (Phi) is 4.15. The van der Waals surface area contributed by atoms with Crippen molar-refractivity contribution < 1.29 is 14.9 Å². The van der Waals surface area contributed by atoms with Gasteiger partial charge in [0.15, 0.2) is 0 Å². The van der Waals surface area contributed by atoms with Crippen LogP contribution in [0.5, 0.6) is 11.5 Å². The molecule has 2 aromatic heterocycles. The van der Waals surface area contributed by atoms with Crippen molar-refractivity contribution in [2.45, 2.75) is 6.54 Å². The second-order valence-corrected chi connectivity index (χ2v) is 7.40. The highest BCUT2D eigenvalue weighted by Crippen LogP contribution is 2.45. The average molecular weight is 407 g/mol. The third-order valence-electron chi connectivity index (χ3n) is 5.46. The molecule has 0 aliphatic carbocycles. The SMILES string of the molecule is COc1cccc(Cl)c1-c1cc2c(c3c[nH]cc13)c1cc(O)ccc1n2CCO. The summed E-state index contributed by atoms with van der Waals surface area (Å²) >= 11 is 6.59. The lowest BCUT2D eigenvalue weighted by Crippen LogP contribution is -2.01. The molecule has 0 atom stereocenters. The summed E-state index contributed by atoms with van der Waals surface area (Å²) in [6, 6.07) is 13.0. The number of phenols is 1. The van der Waals surface area contributed by atoms with E-state index in [0.717, 1.165) is 43.7 Å². The molecule has 5 aromatic rings. The number of halogens is 1. The minimum absolute atomic E-state index is 0.00960. The minimum Gasteiger partial charge on any atom is -0.508 e. The molecule has 0 fully saturated rings. The van der Waals surface area contributed by atoms with Crippen molar-refractivity contribution in [1.29, 1.82) is 0 Å². The maximum Gasteiger partial charge on any atom is 0.128 e. The fourth-order valence-corrected chi connectivity index (χ4v) is 4.55. The monoisotopic (exact) mass is 406 g/mol. The van der Waals surface area contributed by atoms with E-state index < -0.39 is 0 Å². The number of fused-ring (bicyclic) bond motifs is 5. The van der Waals surface area contributed by atoms with Gasteiger partial charge in [0.1, 0.15) is 11.5 Å². The largest absolute Gasteiger partial charge is 0.508 e. The van der Waals surface area contributed by atoms with Crippen LogP contribution in [-0.4, -0.2) is 33.5 Å². The number of nitrogens with one attached hydrogen (secondary N) is 1. The number of aliphatic hydroxyl groups is 1. The molecule has 0 bridgehead atoms. The fraction of sp³-hybridized carbons (Fsp3) is 0.130. The van der Waals surface area contributed by atoms with Crippen LogP contribution in [0.15, 0.2) is 54.9 Å². The van der Waals surface area contributed by atoms with E-state index in [1.54, 1.807) is 19.2 Å². The average Bonchev–Trinajstić information content (AvgIpc) is 3.31. The predicted octanol–water partition coefficient (Wildman–Crippen LogP) is 5.30. The van der Waals surface area contributed by atoms with E-state index in [9.17, 15) is 10.2 Å². The normalized spacial score (nSPS) is 11.7. The third-order valence-corrected chi connectivity index (χ3v) is 5.78. The van der Waals surface area contributed by atoms with Crippen LogP contribution >= 0.6 is 11.6 Å². The molecule has 0 amide bonds. The Morgan fingerprint density at radius 2 is 1.86 bits per heavy atom. The minimum atomic E-state index is 0.00960. The lowest BCUT2D eigenvalue weighted by Gasteiger charge is -2.13. The summed E-state index contributed by atoms with van der Waals surface area (Å²) in [5, 5.41) is 24.4. The van der Waals surface area contributed by atoms with Crippen LogP contribution in [0.4, 0.5) is 0 Å². The Morgan fingerprint density at radius 1 is 1.03 bits per heavy atom. The van der Waals surface area contributed by atoms with Crippen molar-refractivity contribution in [2.75, 3.05) is 13.7 Å². The number of ether oxygens (including phenoxy) is 1. The van der Waals surface area contributed by atoms with Gasteiger partial charge in [-0.3, -0.25) is 0 Å². The molecule has 5 rings (SSSR count). The summed E-state index contributed by atoms with van der Waals surface area (Å²) in [6.45, 7) is 0.454. The number of aliphatic hydroxyl groups excluding tert-OH is 1. The van der Waals surface area contributed by atoms with E-state index >= 15 is 0 Å². The Hall–Kier alpha value is -3.15. The Balaban J connectivity index is 1.99. The van der Waals surface area contributed by atoms with E-state index in [1.165, 1.54) is 0 Å². The van der Waals surface area contributed by atoms with Gasteiger partial charge in [-0.15, -0.1) is 0 Å². The van der Waals surface area contributed by atoms with Crippen LogP contribution < -0.4 is 4.74 Å². The highest BCUT2D eigenvalue weighted by atomic mass is 35.5. The van der Waals surface area contributed by atoms with Gasteiger partial charge in [-0.25, -0.2) is 0 Å². The summed E-state index contributed by atoms with van der Waals surface area (Å²) in [4.78, 5) is 3.21. The van der Waals surface area contributed by atoms with Gasteiger partial charge in [-0.1, -0.05) is 17.7 Å². The molecule has 0 saturated carbocycles. The van der Waals surface area contributed by atoms with Crippen molar-refractivity contribution in [2.24, 2.45) is 0 Å². The van der Waals surface area contributed by atoms with Crippen molar-refractivity contribution in [3.05, 3.63) is 59.9 Å². The molecule has 0 unspecified atom stereocenters. The highest BCUT2D eigenvalue weighted by Gasteiger charge is 2.20. The van der Waals surface area contributed by atoms with E-state index in [4.69, 9.17) is 16.3 Å². The number of benzene rings is 3. The van der Waals surface area contributed by atoms with Crippen molar-refractivity contribution >= 4 is 44.2 Å². The van der Waals surface area contributed by atoms with Crippen LogP contribution in [0, 0.1) is 0 Å². The van der Waals surface area contributed by atoms with Crippen molar-refractivity contribution in [3.63, 3.8) is 0 Å². The maximum absolute atomic E-state index is 10.1.